The Hall–Kier alpha value is -4.27. The highest BCUT2D eigenvalue weighted by Crippen LogP contribution is 2.30. The Labute approximate surface area is 208 Å². The number of hydrogen-bond acceptors (Lipinski definition) is 5. The fraction of sp³-hybridized carbons (Fsp3) is 0.296. The molecule has 1 unspecified atom stereocenters. The predicted octanol–water partition coefficient (Wildman–Crippen LogP) is 2.60. The van der Waals surface area contributed by atoms with Crippen LogP contribution >= 0.6 is 0 Å². The van der Waals surface area contributed by atoms with Gasteiger partial charge in [-0.15, -0.1) is 0 Å². The molecular formula is C27H28N6O3. The van der Waals surface area contributed by atoms with Crippen LogP contribution in [0.5, 0.6) is 0 Å². The van der Waals surface area contributed by atoms with Crippen LogP contribution < -0.4 is 10.9 Å². The van der Waals surface area contributed by atoms with Gasteiger partial charge in [-0.3, -0.25) is 19.0 Å². The zero-order valence-corrected chi connectivity index (χ0v) is 20.6. The molecule has 2 aromatic carbocycles. The summed E-state index contributed by atoms with van der Waals surface area (Å²) in [4.78, 5) is 45.5. The van der Waals surface area contributed by atoms with Crippen LogP contribution in [0.2, 0.25) is 0 Å². The number of aryl methyl sites for hydroxylation is 3. The van der Waals surface area contributed by atoms with Crippen LogP contribution in [0, 0.1) is 20.8 Å². The Morgan fingerprint density at radius 3 is 2.61 bits per heavy atom. The topological polar surface area (TPSA) is 102 Å². The summed E-state index contributed by atoms with van der Waals surface area (Å²) in [6, 6.07) is 14.4. The molecule has 184 valence electrons. The lowest BCUT2D eigenvalue weighted by Gasteiger charge is -2.35. The molecule has 1 atom stereocenters. The lowest BCUT2D eigenvalue weighted by atomic mass is 9.99. The summed E-state index contributed by atoms with van der Waals surface area (Å²) in [6.45, 7) is 6.62. The van der Waals surface area contributed by atoms with Gasteiger partial charge in [-0.25, -0.2) is 9.67 Å². The van der Waals surface area contributed by atoms with Gasteiger partial charge in [0.25, 0.3) is 5.56 Å². The smallest absolute Gasteiger partial charge is 0.261 e. The molecule has 9 nitrogen and oxygen atoms in total. The van der Waals surface area contributed by atoms with Gasteiger partial charge in [0.2, 0.25) is 11.8 Å². The molecular weight excluding hydrogens is 456 g/mol. The maximum atomic E-state index is 13.4. The second-order valence-corrected chi connectivity index (χ2v) is 9.08. The molecule has 1 aliphatic rings. The van der Waals surface area contributed by atoms with Crippen LogP contribution in [-0.2, 0) is 16.1 Å². The van der Waals surface area contributed by atoms with Crippen LogP contribution in [0.1, 0.15) is 35.0 Å². The number of amides is 2. The van der Waals surface area contributed by atoms with Gasteiger partial charge in [0.1, 0.15) is 6.04 Å². The molecule has 0 radical (unpaired) electrons. The second-order valence-electron chi connectivity index (χ2n) is 9.08. The van der Waals surface area contributed by atoms with Crippen LogP contribution in [0.3, 0.4) is 0 Å². The van der Waals surface area contributed by atoms with Gasteiger partial charge in [0.15, 0.2) is 0 Å². The first kappa shape index (κ1) is 23.5. The normalized spacial score (nSPS) is 15.8. The molecule has 3 heterocycles. The molecule has 4 aromatic rings. The highest BCUT2D eigenvalue weighted by Gasteiger charge is 2.37. The number of piperazine rings is 1. The number of rotatable bonds is 5. The summed E-state index contributed by atoms with van der Waals surface area (Å²) >= 11 is 0. The van der Waals surface area contributed by atoms with Crippen molar-refractivity contribution in [3.63, 3.8) is 0 Å². The summed E-state index contributed by atoms with van der Waals surface area (Å²) < 4.78 is 3.26. The van der Waals surface area contributed by atoms with Gasteiger partial charge in [0.05, 0.1) is 28.6 Å². The van der Waals surface area contributed by atoms with Gasteiger partial charge in [-0.2, -0.15) is 5.10 Å². The van der Waals surface area contributed by atoms with Crippen molar-refractivity contribution in [2.24, 2.45) is 0 Å². The molecule has 2 aromatic heterocycles. The van der Waals surface area contributed by atoms with E-state index in [2.05, 4.69) is 15.4 Å². The van der Waals surface area contributed by atoms with Crippen molar-refractivity contribution in [1.82, 2.24) is 29.5 Å². The minimum Gasteiger partial charge on any atom is -0.352 e. The van der Waals surface area contributed by atoms with E-state index in [1.807, 2.05) is 63.2 Å². The number of carbonyl (C=O) groups excluding carboxylic acids is 2. The minimum atomic E-state index is -0.780. The summed E-state index contributed by atoms with van der Waals surface area (Å²) in [5.41, 5.74) is 4.53. The molecule has 1 aliphatic heterocycles. The number of benzene rings is 2. The Morgan fingerprint density at radius 2 is 1.83 bits per heavy atom. The molecule has 2 amide bonds. The second kappa shape index (κ2) is 9.41. The molecule has 1 saturated heterocycles. The van der Waals surface area contributed by atoms with Gasteiger partial charge < -0.3 is 10.2 Å². The molecule has 0 spiro atoms. The van der Waals surface area contributed by atoms with E-state index in [-0.39, 0.29) is 30.3 Å². The molecule has 0 saturated carbocycles. The average Bonchev–Trinajstić information content (AvgIpc) is 3.17. The van der Waals surface area contributed by atoms with Crippen molar-refractivity contribution in [3.05, 3.63) is 87.7 Å². The predicted molar refractivity (Wildman–Crippen MR) is 136 cm³/mol. The van der Waals surface area contributed by atoms with E-state index in [9.17, 15) is 14.4 Å². The highest BCUT2D eigenvalue weighted by molar-refractivity contribution is 5.90. The first-order valence-electron chi connectivity index (χ1n) is 12.0. The minimum absolute atomic E-state index is 0.0770. The van der Waals surface area contributed by atoms with Crippen molar-refractivity contribution < 1.29 is 9.59 Å². The van der Waals surface area contributed by atoms with E-state index < -0.39 is 6.04 Å². The number of para-hydroxylation sites is 2. The van der Waals surface area contributed by atoms with Crippen molar-refractivity contribution in [1.29, 1.82) is 0 Å². The Bertz CT molecular complexity index is 1520. The maximum Gasteiger partial charge on any atom is 0.261 e. The SMILES string of the molecule is Cc1nn(-c2ccccc2)c(C)c1C1C(=O)NCCN1C(=O)CCn1cnc2c(C)cccc2c1=O. The number of fused-ring (bicyclic) bond motifs is 1. The van der Waals surface area contributed by atoms with Gasteiger partial charge in [-0.05, 0) is 44.5 Å². The molecule has 0 aliphatic carbocycles. The van der Waals surface area contributed by atoms with Crippen molar-refractivity contribution in [3.8, 4) is 5.69 Å². The van der Waals surface area contributed by atoms with Crippen LogP contribution in [0.15, 0.2) is 59.7 Å². The first-order chi connectivity index (χ1) is 17.4. The third-order valence-electron chi connectivity index (χ3n) is 6.78. The molecule has 1 N–H and O–H groups in total. The summed E-state index contributed by atoms with van der Waals surface area (Å²) in [7, 11) is 0. The Balaban J connectivity index is 1.42. The van der Waals surface area contributed by atoms with E-state index in [1.165, 1.54) is 10.9 Å². The average molecular weight is 485 g/mol. The van der Waals surface area contributed by atoms with E-state index in [4.69, 9.17) is 0 Å². The van der Waals surface area contributed by atoms with Gasteiger partial charge in [-0.1, -0.05) is 30.3 Å². The Morgan fingerprint density at radius 1 is 1.06 bits per heavy atom. The third-order valence-corrected chi connectivity index (χ3v) is 6.78. The van der Waals surface area contributed by atoms with E-state index in [0.717, 1.165) is 22.5 Å². The van der Waals surface area contributed by atoms with Gasteiger partial charge >= 0.3 is 0 Å². The largest absolute Gasteiger partial charge is 0.352 e. The van der Waals surface area contributed by atoms with Crippen molar-refractivity contribution >= 4 is 22.7 Å². The van der Waals surface area contributed by atoms with E-state index in [0.29, 0.717) is 29.7 Å². The zero-order chi connectivity index (χ0) is 25.4. The summed E-state index contributed by atoms with van der Waals surface area (Å²) in [5.74, 6) is -0.425. The first-order valence-corrected chi connectivity index (χ1v) is 12.0. The monoisotopic (exact) mass is 484 g/mol. The number of hydrogen-bond donors (Lipinski definition) is 1. The van der Waals surface area contributed by atoms with Crippen LogP contribution in [0.4, 0.5) is 0 Å². The van der Waals surface area contributed by atoms with Crippen LogP contribution in [-0.4, -0.2) is 49.1 Å². The van der Waals surface area contributed by atoms with Crippen LogP contribution in [0.25, 0.3) is 16.6 Å². The lowest BCUT2D eigenvalue weighted by molar-refractivity contribution is -0.143. The molecule has 1 fully saturated rings. The van der Waals surface area contributed by atoms with Gasteiger partial charge in [0, 0.05) is 37.3 Å². The van der Waals surface area contributed by atoms with Crippen molar-refractivity contribution in [2.75, 3.05) is 13.1 Å². The number of carbonyl (C=O) groups is 2. The summed E-state index contributed by atoms with van der Waals surface area (Å²) in [5, 5.41) is 8.09. The lowest BCUT2D eigenvalue weighted by Crippen LogP contribution is -2.52. The summed E-state index contributed by atoms with van der Waals surface area (Å²) in [6.07, 6.45) is 1.57. The quantitative estimate of drug-likeness (QED) is 0.469. The van der Waals surface area contributed by atoms with E-state index in [1.54, 1.807) is 15.6 Å². The highest BCUT2D eigenvalue weighted by atomic mass is 16.2. The zero-order valence-electron chi connectivity index (χ0n) is 20.6. The Kier molecular flexibility index (Phi) is 6.13. The molecule has 36 heavy (non-hydrogen) atoms. The number of nitrogens with one attached hydrogen (secondary N) is 1. The van der Waals surface area contributed by atoms with E-state index >= 15 is 0 Å². The molecule has 5 rings (SSSR count). The standard InChI is InChI=1S/C27H28N6O3/c1-17-8-7-11-21-24(17)29-16-31(27(21)36)14-12-22(34)32-15-13-28-26(35)25(32)23-18(2)30-33(19(23)3)20-9-5-4-6-10-20/h4-11,16,25H,12-15H2,1-3H3,(H,28,35). The molecule has 9 heteroatoms. The fourth-order valence-electron chi connectivity index (χ4n) is 4.95. The number of aromatic nitrogens is 4. The molecule has 0 bridgehead atoms. The number of nitrogens with zero attached hydrogens (tertiary/aromatic N) is 5. The maximum absolute atomic E-state index is 13.4. The third kappa shape index (κ3) is 4.06. The fourth-order valence-corrected chi connectivity index (χ4v) is 4.95. The van der Waals surface area contributed by atoms with Crippen molar-refractivity contribution in [2.45, 2.75) is 39.8 Å².